The molecular formula is C19H17Cl2N3O4. The quantitative estimate of drug-likeness (QED) is 0.658. The van der Waals surface area contributed by atoms with Crippen LogP contribution in [0.15, 0.2) is 49.1 Å². The molecule has 3 aromatic rings. The van der Waals surface area contributed by atoms with Gasteiger partial charge in [-0.1, -0.05) is 23.2 Å². The van der Waals surface area contributed by atoms with Crippen LogP contribution < -0.4 is 4.74 Å². The van der Waals surface area contributed by atoms with Crippen LogP contribution in [0.25, 0.3) is 0 Å². The maximum Gasteiger partial charge on any atom is 0.217 e. The molecule has 1 fully saturated rings. The van der Waals surface area contributed by atoms with Crippen molar-refractivity contribution in [3.05, 3.63) is 64.7 Å². The predicted molar refractivity (Wildman–Crippen MR) is 103 cm³/mol. The van der Waals surface area contributed by atoms with Crippen molar-refractivity contribution in [2.75, 3.05) is 6.61 Å². The van der Waals surface area contributed by atoms with Gasteiger partial charge >= 0.3 is 0 Å². The second kappa shape index (κ2) is 7.60. The van der Waals surface area contributed by atoms with E-state index in [0.29, 0.717) is 34.5 Å². The first kappa shape index (κ1) is 19.0. The van der Waals surface area contributed by atoms with E-state index in [-0.39, 0.29) is 17.6 Å². The smallest absolute Gasteiger partial charge is 0.217 e. The lowest BCUT2D eigenvalue weighted by molar-refractivity contribution is -0.186. The third kappa shape index (κ3) is 3.79. The zero-order valence-electron chi connectivity index (χ0n) is 14.9. The maximum absolute atomic E-state index is 9.97. The summed E-state index contributed by atoms with van der Waals surface area (Å²) < 4.78 is 19.4. The van der Waals surface area contributed by atoms with Gasteiger partial charge in [-0.25, -0.2) is 9.67 Å². The van der Waals surface area contributed by atoms with Gasteiger partial charge in [-0.05, 0) is 37.3 Å². The molecule has 146 valence electrons. The zero-order valence-corrected chi connectivity index (χ0v) is 16.4. The largest absolute Gasteiger partial charge is 0.504 e. The summed E-state index contributed by atoms with van der Waals surface area (Å²) in [6, 6.07) is 9.76. The number of aromatic nitrogens is 3. The molecule has 2 unspecified atom stereocenters. The van der Waals surface area contributed by atoms with E-state index in [9.17, 15) is 5.11 Å². The van der Waals surface area contributed by atoms with Crippen molar-refractivity contribution in [2.45, 2.75) is 25.4 Å². The lowest BCUT2D eigenvalue weighted by Gasteiger charge is -2.29. The molecule has 0 saturated carbocycles. The Labute approximate surface area is 171 Å². The summed E-state index contributed by atoms with van der Waals surface area (Å²) in [6.45, 7) is 2.66. The molecule has 0 bridgehead atoms. The first-order chi connectivity index (χ1) is 13.4. The predicted octanol–water partition coefficient (Wildman–Crippen LogP) is 4.37. The minimum absolute atomic E-state index is 0.0633. The number of aromatic hydroxyl groups is 1. The third-order valence-corrected chi connectivity index (χ3v) is 4.83. The first-order valence-corrected chi connectivity index (χ1v) is 9.31. The molecule has 1 aromatic heterocycles. The Morgan fingerprint density at radius 3 is 2.79 bits per heavy atom. The number of halogens is 2. The fourth-order valence-corrected chi connectivity index (χ4v) is 3.53. The fraction of sp³-hybridized carbons (Fsp3) is 0.263. The topological polar surface area (TPSA) is 78.6 Å². The molecule has 0 spiro atoms. The highest BCUT2D eigenvalue weighted by atomic mass is 35.5. The highest BCUT2D eigenvalue weighted by Gasteiger charge is 2.44. The summed E-state index contributed by atoms with van der Waals surface area (Å²) in [5.74, 6) is -0.419. The number of ether oxygens (including phenoxy) is 3. The SMILES string of the molecule is CC1COC(Cn2cncn2)(c2ccc(Oc3ccc(Cl)cc3O)cc2Cl)O1. The number of phenols is 1. The summed E-state index contributed by atoms with van der Waals surface area (Å²) in [5.41, 5.74) is 0.654. The van der Waals surface area contributed by atoms with Crippen LogP contribution >= 0.6 is 23.2 Å². The molecule has 0 amide bonds. The lowest BCUT2D eigenvalue weighted by Crippen LogP contribution is -2.34. The van der Waals surface area contributed by atoms with E-state index in [2.05, 4.69) is 10.1 Å². The average molecular weight is 422 g/mol. The van der Waals surface area contributed by atoms with Gasteiger partial charge in [-0.15, -0.1) is 0 Å². The second-order valence-corrected chi connectivity index (χ2v) is 7.28. The van der Waals surface area contributed by atoms with Crippen molar-refractivity contribution in [1.82, 2.24) is 14.8 Å². The van der Waals surface area contributed by atoms with Gasteiger partial charge in [0, 0.05) is 16.7 Å². The molecule has 0 radical (unpaired) electrons. The molecule has 1 aliphatic rings. The van der Waals surface area contributed by atoms with E-state index < -0.39 is 5.79 Å². The highest BCUT2D eigenvalue weighted by Crippen LogP contribution is 2.41. The van der Waals surface area contributed by atoms with Crippen molar-refractivity contribution >= 4 is 23.2 Å². The molecule has 9 heteroatoms. The Balaban J connectivity index is 1.63. The minimum Gasteiger partial charge on any atom is -0.504 e. The van der Waals surface area contributed by atoms with E-state index in [4.69, 9.17) is 37.4 Å². The van der Waals surface area contributed by atoms with Gasteiger partial charge in [0.2, 0.25) is 5.79 Å². The number of phenolic OH excluding ortho intramolecular Hbond substituents is 1. The molecule has 2 heterocycles. The Morgan fingerprint density at radius 2 is 2.14 bits per heavy atom. The van der Waals surface area contributed by atoms with Crippen LogP contribution in [0.3, 0.4) is 0 Å². The van der Waals surface area contributed by atoms with Gasteiger partial charge in [0.1, 0.15) is 24.9 Å². The van der Waals surface area contributed by atoms with Crippen molar-refractivity contribution in [3.63, 3.8) is 0 Å². The highest BCUT2D eigenvalue weighted by molar-refractivity contribution is 6.31. The molecule has 2 atom stereocenters. The lowest BCUT2D eigenvalue weighted by atomic mass is 10.1. The van der Waals surface area contributed by atoms with Gasteiger partial charge in [-0.2, -0.15) is 5.10 Å². The number of nitrogens with zero attached hydrogens (tertiary/aromatic N) is 3. The van der Waals surface area contributed by atoms with Gasteiger partial charge in [0.25, 0.3) is 0 Å². The molecule has 1 saturated heterocycles. The second-order valence-electron chi connectivity index (χ2n) is 6.44. The van der Waals surface area contributed by atoms with E-state index in [1.54, 1.807) is 41.3 Å². The molecule has 1 N–H and O–H groups in total. The molecular weight excluding hydrogens is 405 g/mol. The molecule has 4 rings (SSSR count). The zero-order chi connectivity index (χ0) is 19.7. The van der Waals surface area contributed by atoms with Gasteiger partial charge in [-0.3, -0.25) is 0 Å². The minimum atomic E-state index is -1.08. The summed E-state index contributed by atoms with van der Waals surface area (Å²) in [4.78, 5) is 3.96. The van der Waals surface area contributed by atoms with Crippen LogP contribution in [-0.2, 0) is 21.8 Å². The molecule has 1 aliphatic heterocycles. The van der Waals surface area contributed by atoms with Crippen LogP contribution in [0.1, 0.15) is 12.5 Å². The summed E-state index contributed by atoms with van der Waals surface area (Å²) in [7, 11) is 0. The van der Waals surface area contributed by atoms with Crippen LogP contribution in [0.2, 0.25) is 10.0 Å². The van der Waals surface area contributed by atoms with Crippen LogP contribution in [0.5, 0.6) is 17.2 Å². The average Bonchev–Trinajstić information content (AvgIpc) is 3.28. The summed E-state index contributed by atoms with van der Waals surface area (Å²) >= 11 is 12.4. The molecule has 2 aromatic carbocycles. The fourth-order valence-electron chi connectivity index (χ4n) is 3.05. The number of hydrogen-bond acceptors (Lipinski definition) is 6. The van der Waals surface area contributed by atoms with Gasteiger partial charge < -0.3 is 19.3 Å². The van der Waals surface area contributed by atoms with Crippen LogP contribution in [-0.4, -0.2) is 32.6 Å². The van der Waals surface area contributed by atoms with E-state index >= 15 is 0 Å². The van der Waals surface area contributed by atoms with Crippen molar-refractivity contribution in [2.24, 2.45) is 0 Å². The molecule has 0 aliphatic carbocycles. The van der Waals surface area contributed by atoms with E-state index in [0.717, 1.165) is 0 Å². The van der Waals surface area contributed by atoms with Crippen molar-refractivity contribution in [1.29, 1.82) is 0 Å². The van der Waals surface area contributed by atoms with Crippen LogP contribution in [0.4, 0.5) is 0 Å². The van der Waals surface area contributed by atoms with Crippen molar-refractivity contribution in [3.8, 4) is 17.2 Å². The number of hydrogen-bond donors (Lipinski definition) is 1. The third-order valence-electron chi connectivity index (χ3n) is 4.28. The van der Waals surface area contributed by atoms with Gasteiger partial charge in [0.15, 0.2) is 11.5 Å². The van der Waals surface area contributed by atoms with Crippen molar-refractivity contribution < 1.29 is 19.3 Å². The Hall–Kier alpha value is -2.32. The normalized spacial score (nSPS) is 21.8. The molecule has 7 nitrogen and oxygen atoms in total. The first-order valence-electron chi connectivity index (χ1n) is 8.56. The standard InChI is InChI=1S/C19H17Cl2N3O4/c1-12-8-26-19(28-12,9-24-11-22-10-23-24)15-4-3-14(7-16(15)21)27-18-5-2-13(20)6-17(18)25/h2-7,10-12,25H,8-9H2,1H3. The Kier molecular flexibility index (Phi) is 5.16. The summed E-state index contributed by atoms with van der Waals surface area (Å²) in [6.07, 6.45) is 2.94. The summed E-state index contributed by atoms with van der Waals surface area (Å²) in [5, 5.41) is 14.9. The molecule has 28 heavy (non-hydrogen) atoms. The van der Waals surface area contributed by atoms with Crippen LogP contribution in [0, 0.1) is 0 Å². The number of rotatable bonds is 5. The van der Waals surface area contributed by atoms with E-state index in [1.807, 2.05) is 6.92 Å². The number of benzene rings is 2. The van der Waals surface area contributed by atoms with Gasteiger partial charge in [0.05, 0.1) is 17.7 Å². The van der Waals surface area contributed by atoms with E-state index in [1.165, 1.54) is 12.4 Å². The monoisotopic (exact) mass is 421 g/mol. The Bertz CT molecular complexity index is 983. The maximum atomic E-state index is 9.97. The Morgan fingerprint density at radius 1 is 1.29 bits per heavy atom.